The van der Waals surface area contributed by atoms with Crippen molar-refractivity contribution in [1.82, 2.24) is 0 Å². The number of anilines is 1. The molecule has 0 bridgehead atoms. The quantitative estimate of drug-likeness (QED) is 0.275. The van der Waals surface area contributed by atoms with E-state index in [1.165, 1.54) is 89.9 Å². The Morgan fingerprint density at radius 3 is 1.85 bits per heavy atom. The second-order valence-electron chi connectivity index (χ2n) is 7.48. The van der Waals surface area contributed by atoms with Crippen LogP contribution in [-0.2, 0) is 0 Å². The molecule has 0 aliphatic rings. The fraction of sp³-hybridized carbons (Fsp3) is 0.667. The highest BCUT2D eigenvalue weighted by atomic mass is 16.3. The summed E-state index contributed by atoms with van der Waals surface area (Å²) in [4.78, 5) is 0. The zero-order valence-corrected chi connectivity index (χ0v) is 17.0. The van der Waals surface area contributed by atoms with Gasteiger partial charge in [0, 0.05) is 11.8 Å². The molecule has 2 heteroatoms. The number of hydrogen-bond acceptors (Lipinski definition) is 2. The molecular weight excluding hydrogens is 318 g/mol. The summed E-state index contributed by atoms with van der Waals surface area (Å²) in [5, 5.41) is 12.6. The summed E-state index contributed by atoms with van der Waals surface area (Å²) in [5.74, 6) is 0.301. The van der Waals surface area contributed by atoms with Gasteiger partial charge in [-0.2, -0.15) is 0 Å². The molecule has 0 radical (unpaired) electrons. The number of unbranched alkanes of at least 4 members (excludes halogenated alkanes) is 14. The Balaban J connectivity index is 1.79. The van der Waals surface area contributed by atoms with Gasteiger partial charge in [0.15, 0.2) is 0 Å². The van der Waals surface area contributed by atoms with Crippen molar-refractivity contribution < 1.29 is 5.11 Å². The van der Waals surface area contributed by atoms with Gasteiger partial charge in [-0.1, -0.05) is 103 Å². The Morgan fingerprint density at radius 2 is 1.31 bits per heavy atom. The van der Waals surface area contributed by atoms with Gasteiger partial charge in [0.25, 0.3) is 0 Å². The molecule has 0 aromatic heterocycles. The number of benzene rings is 1. The highest BCUT2D eigenvalue weighted by Crippen LogP contribution is 2.16. The molecule has 0 aliphatic carbocycles. The molecule has 0 atom stereocenters. The first-order chi connectivity index (χ1) is 12.8. The molecule has 0 amide bonds. The van der Waals surface area contributed by atoms with Gasteiger partial charge in [-0.3, -0.25) is 0 Å². The van der Waals surface area contributed by atoms with Crippen molar-refractivity contribution >= 4 is 5.69 Å². The highest BCUT2D eigenvalue weighted by Gasteiger charge is 1.94. The van der Waals surface area contributed by atoms with Crippen molar-refractivity contribution in [2.45, 2.75) is 103 Å². The predicted octanol–water partition coefficient (Wildman–Crippen LogP) is 8.19. The number of phenolic OH excluding ortho intramolecular Hbond substituents is 1. The molecule has 26 heavy (non-hydrogen) atoms. The van der Waals surface area contributed by atoms with Crippen LogP contribution >= 0.6 is 0 Å². The second-order valence-corrected chi connectivity index (χ2v) is 7.48. The number of aromatic hydroxyl groups is 1. The minimum Gasteiger partial charge on any atom is -0.508 e. The maximum atomic E-state index is 9.39. The molecule has 0 heterocycles. The molecule has 0 aliphatic heterocycles. The third-order valence-corrected chi connectivity index (χ3v) is 4.94. The topological polar surface area (TPSA) is 32.3 Å². The van der Waals surface area contributed by atoms with Gasteiger partial charge in [0.05, 0.1) is 0 Å². The molecule has 148 valence electrons. The fourth-order valence-electron chi connectivity index (χ4n) is 3.29. The molecule has 1 aromatic carbocycles. The molecule has 1 rings (SSSR count). The number of allylic oxidation sites excluding steroid dienone is 1. The summed E-state index contributed by atoms with van der Waals surface area (Å²) in [7, 11) is 0. The van der Waals surface area contributed by atoms with Crippen LogP contribution in [0.3, 0.4) is 0 Å². The minimum atomic E-state index is 0.301. The molecule has 1 aromatic rings. The van der Waals surface area contributed by atoms with Crippen molar-refractivity contribution in [2.75, 3.05) is 5.32 Å². The lowest BCUT2D eigenvalue weighted by Crippen LogP contribution is -1.86. The summed E-state index contributed by atoms with van der Waals surface area (Å²) < 4.78 is 0. The van der Waals surface area contributed by atoms with Crippen LogP contribution in [0.5, 0.6) is 5.75 Å². The lowest BCUT2D eigenvalue weighted by molar-refractivity contribution is 0.475. The van der Waals surface area contributed by atoms with E-state index in [-0.39, 0.29) is 0 Å². The largest absolute Gasteiger partial charge is 0.508 e. The Labute approximate surface area is 162 Å². The molecule has 0 saturated carbocycles. The van der Waals surface area contributed by atoms with Crippen LogP contribution in [0.2, 0.25) is 0 Å². The van der Waals surface area contributed by atoms with E-state index in [1.54, 1.807) is 12.1 Å². The lowest BCUT2D eigenvalue weighted by Gasteiger charge is -2.03. The Bertz CT molecular complexity index is 455. The maximum Gasteiger partial charge on any atom is 0.117 e. The van der Waals surface area contributed by atoms with Crippen LogP contribution in [0.25, 0.3) is 0 Å². The normalized spacial score (nSPS) is 11.3. The first-order valence-corrected chi connectivity index (χ1v) is 11.0. The van der Waals surface area contributed by atoms with E-state index >= 15 is 0 Å². The van der Waals surface area contributed by atoms with E-state index in [1.807, 2.05) is 18.3 Å². The van der Waals surface area contributed by atoms with Crippen LogP contribution in [0.4, 0.5) is 5.69 Å². The van der Waals surface area contributed by atoms with Crippen molar-refractivity contribution in [1.29, 1.82) is 0 Å². The average Bonchev–Trinajstić information content (AvgIpc) is 2.64. The molecule has 2 nitrogen and oxygen atoms in total. The van der Waals surface area contributed by atoms with Crippen LogP contribution in [0.15, 0.2) is 36.5 Å². The molecular formula is C24H41NO. The van der Waals surface area contributed by atoms with Crippen LogP contribution < -0.4 is 5.32 Å². The van der Waals surface area contributed by atoms with Gasteiger partial charge in [-0.05, 0) is 31.2 Å². The lowest BCUT2D eigenvalue weighted by atomic mass is 10.0. The van der Waals surface area contributed by atoms with Crippen molar-refractivity contribution in [2.24, 2.45) is 0 Å². The number of phenols is 1. The minimum absolute atomic E-state index is 0.301. The molecule has 0 saturated heterocycles. The van der Waals surface area contributed by atoms with Crippen LogP contribution in [0, 0.1) is 0 Å². The summed E-state index contributed by atoms with van der Waals surface area (Å²) in [6.07, 6.45) is 25.0. The molecule has 0 fully saturated rings. The third kappa shape index (κ3) is 13.8. The zero-order valence-electron chi connectivity index (χ0n) is 17.0. The maximum absolute atomic E-state index is 9.39. The zero-order chi connectivity index (χ0) is 18.7. The van der Waals surface area contributed by atoms with Crippen molar-refractivity contribution in [3.63, 3.8) is 0 Å². The molecule has 2 N–H and O–H groups in total. The van der Waals surface area contributed by atoms with Gasteiger partial charge >= 0.3 is 0 Å². The highest BCUT2D eigenvalue weighted by molar-refractivity contribution is 5.49. The third-order valence-electron chi connectivity index (χ3n) is 4.94. The van der Waals surface area contributed by atoms with E-state index in [9.17, 15) is 5.11 Å². The standard InChI is InChI=1S/C24H41NO/c1-2-3-4-5-6-7-8-9-10-11-12-13-14-15-16-17-21-25-23-19-18-20-24(26)22-23/h17-22,25-26H,2-16H2,1H3. The fourth-order valence-corrected chi connectivity index (χ4v) is 3.29. The van der Waals surface area contributed by atoms with Crippen LogP contribution in [0.1, 0.15) is 103 Å². The monoisotopic (exact) mass is 359 g/mol. The van der Waals surface area contributed by atoms with E-state index < -0.39 is 0 Å². The summed E-state index contributed by atoms with van der Waals surface area (Å²) in [6.45, 7) is 2.28. The van der Waals surface area contributed by atoms with Gasteiger partial charge in [0.2, 0.25) is 0 Å². The smallest absolute Gasteiger partial charge is 0.117 e. The average molecular weight is 360 g/mol. The summed E-state index contributed by atoms with van der Waals surface area (Å²) >= 11 is 0. The number of hydrogen-bond donors (Lipinski definition) is 2. The Kier molecular flexibility index (Phi) is 14.8. The van der Waals surface area contributed by atoms with Crippen molar-refractivity contribution in [3.8, 4) is 5.75 Å². The summed E-state index contributed by atoms with van der Waals surface area (Å²) in [5.41, 5.74) is 0.933. The van der Waals surface area contributed by atoms with Crippen LogP contribution in [-0.4, -0.2) is 5.11 Å². The number of nitrogens with one attached hydrogen (secondary N) is 1. The van der Waals surface area contributed by atoms with Gasteiger partial charge in [0.1, 0.15) is 5.75 Å². The van der Waals surface area contributed by atoms with Gasteiger partial charge in [-0.15, -0.1) is 0 Å². The van der Waals surface area contributed by atoms with E-state index in [0.29, 0.717) is 5.75 Å². The SMILES string of the molecule is CCCCCCCCCCCCCCCCC=CNc1cccc(O)c1. The second kappa shape index (κ2) is 17.0. The number of rotatable bonds is 17. The van der Waals surface area contributed by atoms with Crippen molar-refractivity contribution in [3.05, 3.63) is 36.5 Å². The van der Waals surface area contributed by atoms with E-state index in [4.69, 9.17) is 0 Å². The molecule has 0 unspecified atom stereocenters. The Morgan fingerprint density at radius 1 is 0.769 bits per heavy atom. The van der Waals surface area contributed by atoms with Gasteiger partial charge in [-0.25, -0.2) is 0 Å². The Hall–Kier alpha value is -1.44. The first-order valence-electron chi connectivity index (χ1n) is 11.0. The van der Waals surface area contributed by atoms with E-state index in [2.05, 4.69) is 18.3 Å². The predicted molar refractivity (Wildman–Crippen MR) is 116 cm³/mol. The van der Waals surface area contributed by atoms with Gasteiger partial charge < -0.3 is 10.4 Å². The van der Waals surface area contributed by atoms with E-state index in [0.717, 1.165) is 12.1 Å². The molecule has 0 spiro atoms. The summed E-state index contributed by atoms with van der Waals surface area (Å²) in [6, 6.07) is 7.22. The first kappa shape index (κ1) is 22.6.